The summed E-state index contributed by atoms with van der Waals surface area (Å²) in [7, 11) is -3.36. The molecule has 0 saturated heterocycles. The lowest BCUT2D eigenvalue weighted by Gasteiger charge is -2.06. The largest absolute Gasteiger partial charge is 0.370 e. The SMILES string of the molecule is Cc1ccc(NC(N)=NCCS(=O)(=O)c2ccc(Br)cc2)cc1.I. The number of halogens is 2. The van der Waals surface area contributed by atoms with Gasteiger partial charge < -0.3 is 11.1 Å². The quantitative estimate of drug-likeness (QED) is 0.356. The van der Waals surface area contributed by atoms with Crippen LogP contribution in [-0.2, 0) is 9.84 Å². The van der Waals surface area contributed by atoms with E-state index in [1.165, 1.54) is 0 Å². The third-order valence-corrected chi connectivity index (χ3v) is 5.38. The molecule has 2 aromatic rings. The first-order valence-corrected chi connectivity index (χ1v) is 9.43. The van der Waals surface area contributed by atoms with Crippen molar-refractivity contribution in [3.63, 3.8) is 0 Å². The summed E-state index contributed by atoms with van der Waals surface area (Å²) in [5.41, 5.74) is 7.73. The molecule has 0 unspecified atom stereocenters. The molecule has 0 radical (unpaired) electrons. The molecule has 2 aromatic carbocycles. The van der Waals surface area contributed by atoms with Gasteiger partial charge in [0, 0.05) is 10.2 Å². The van der Waals surface area contributed by atoms with Crippen molar-refractivity contribution in [2.75, 3.05) is 17.6 Å². The molecule has 0 fully saturated rings. The van der Waals surface area contributed by atoms with Gasteiger partial charge in [-0.05, 0) is 43.3 Å². The molecule has 0 aromatic heterocycles. The van der Waals surface area contributed by atoms with Crippen molar-refractivity contribution in [3.05, 3.63) is 58.6 Å². The van der Waals surface area contributed by atoms with Crippen molar-refractivity contribution >= 4 is 61.4 Å². The van der Waals surface area contributed by atoms with E-state index in [2.05, 4.69) is 26.2 Å². The Bertz CT molecular complexity index is 791. The fourth-order valence-electron chi connectivity index (χ4n) is 1.87. The minimum Gasteiger partial charge on any atom is -0.370 e. The highest BCUT2D eigenvalue weighted by Crippen LogP contribution is 2.15. The van der Waals surface area contributed by atoms with Gasteiger partial charge in [-0.25, -0.2) is 8.42 Å². The van der Waals surface area contributed by atoms with E-state index in [1.54, 1.807) is 24.3 Å². The molecule has 24 heavy (non-hydrogen) atoms. The average Bonchev–Trinajstić information content (AvgIpc) is 2.50. The predicted octanol–water partition coefficient (Wildman–Crippen LogP) is 3.58. The van der Waals surface area contributed by atoms with E-state index in [9.17, 15) is 8.42 Å². The van der Waals surface area contributed by atoms with Gasteiger partial charge >= 0.3 is 0 Å². The van der Waals surface area contributed by atoms with Gasteiger partial charge in [0.05, 0.1) is 17.2 Å². The van der Waals surface area contributed by atoms with Crippen LogP contribution < -0.4 is 11.1 Å². The number of aliphatic imine (C=N–C) groups is 1. The molecule has 0 aliphatic carbocycles. The first-order chi connectivity index (χ1) is 10.9. The summed E-state index contributed by atoms with van der Waals surface area (Å²) in [4.78, 5) is 4.34. The number of anilines is 1. The van der Waals surface area contributed by atoms with Crippen LogP contribution in [0.3, 0.4) is 0 Å². The summed E-state index contributed by atoms with van der Waals surface area (Å²) < 4.78 is 25.2. The summed E-state index contributed by atoms with van der Waals surface area (Å²) >= 11 is 3.28. The van der Waals surface area contributed by atoms with E-state index < -0.39 is 9.84 Å². The van der Waals surface area contributed by atoms with Gasteiger partial charge in [0.25, 0.3) is 0 Å². The van der Waals surface area contributed by atoms with Crippen LogP contribution in [0.25, 0.3) is 0 Å². The van der Waals surface area contributed by atoms with Gasteiger partial charge in [0.1, 0.15) is 0 Å². The number of rotatable bonds is 5. The summed E-state index contributed by atoms with van der Waals surface area (Å²) in [6.45, 7) is 2.09. The second kappa shape index (κ2) is 9.38. The zero-order valence-corrected chi connectivity index (χ0v) is 17.8. The maximum atomic E-state index is 12.2. The van der Waals surface area contributed by atoms with E-state index >= 15 is 0 Å². The number of nitrogens with one attached hydrogen (secondary N) is 1. The second-order valence-electron chi connectivity index (χ2n) is 5.03. The molecule has 0 aliphatic rings. The van der Waals surface area contributed by atoms with Gasteiger partial charge in [-0.3, -0.25) is 4.99 Å². The minimum absolute atomic E-state index is 0. The first-order valence-electron chi connectivity index (χ1n) is 6.99. The molecule has 0 amide bonds. The maximum absolute atomic E-state index is 12.2. The number of hydrogen-bond acceptors (Lipinski definition) is 3. The Hall–Kier alpha value is -1.13. The molecule has 0 spiro atoms. The summed E-state index contributed by atoms with van der Waals surface area (Å²) in [5.74, 6) is 0.102. The van der Waals surface area contributed by atoms with Gasteiger partial charge in [-0.15, -0.1) is 24.0 Å². The lowest BCUT2D eigenvalue weighted by Crippen LogP contribution is -2.23. The first kappa shape index (κ1) is 20.9. The molecule has 0 aliphatic heterocycles. The predicted molar refractivity (Wildman–Crippen MR) is 113 cm³/mol. The van der Waals surface area contributed by atoms with E-state index in [1.807, 2.05) is 31.2 Å². The van der Waals surface area contributed by atoms with Crippen LogP contribution in [0, 0.1) is 6.92 Å². The average molecular weight is 524 g/mol. The Labute approximate surface area is 167 Å². The fourth-order valence-corrected chi connectivity index (χ4v) is 3.25. The van der Waals surface area contributed by atoms with E-state index in [4.69, 9.17) is 5.73 Å². The molecule has 8 heteroatoms. The van der Waals surface area contributed by atoms with Gasteiger partial charge in [-0.1, -0.05) is 33.6 Å². The summed E-state index contributed by atoms with van der Waals surface area (Å²) in [6.07, 6.45) is 0. The highest BCUT2D eigenvalue weighted by atomic mass is 127. The third kappa shape index (κ3) is 6.40. The molecule has 0 atom stereocenters. The molecule has 0 heterocycles. The molecular weight excluding hydrogens is 505 g/mol. The van der Waals surface area contributed by atoms with Crippen LogP contribution in [0.4, 0.5) is 5.69 Å². The monoisotopic (exact) mass is 523 g/mol. The second-order valence-corrected chi connectivity index (χ2v) is 8.06. The maximum Gasteiger partial charge on any atom is 0.193 e. The smallest absolute Gasteiger partial charge is 0.193 e. The van der Waals surface area contributed by atoms with Crippen LogP contribution in [0.1, 0.15) is 5.56 Å². The van der Waals surface area contributed by atoms with E-state index in [0.29, 0.717) is 0 Å². The van der Waals surface area contributed by atoms with Crippen LogP contribution in [-0.4, -0.2) is 26.7 Å². The molecule has 2 rings (SSSR count). The van der Waals surface area contributed by atoms with Crippen molar-refractivity contribution in [1.29, 1.82) is 0 Å². The Kier molecular flexibility index (Phi) is 8.17. The number of aryl methyl sites for hydroxylation is 1. The fraction of sp³-hybridized carbons (Fsp3) is 0.188. The Morgan fingerprint density at radius 2 is 1.71 bits per heavy atom. The lowest BCUT2D eigenvalue weighted by atomic mass is 10.2. The Morgan fingerprint density at radius 1 is 1.12 bits per heavy atom. The number of nitrogens with zero attached hydrogens (tertiary/aromatic N) is 1. The lowest BCUT2D eigenvalue weighted by molar-refractivity contribution is 0.596. The number of hydrogen-bond donors (Lipinski definition) is 2. The number of sulfone groups is 1. The van der Waals surface area contributed by atoms with E-state index in [0.717, 1.165) is 15.7 Å². The number of benzene rings is 2. The van der Waals surface area contributed by atoms with Crippen LogP contribution >= 0.6 is 39.9 Å². The summed E-state index contributed by atoms with van der Waals surface area (Å²) in [5, 5.41) is 2.93. The standard InChI is InChI=1S/C16H18BrN3O2S.HI/c1-12-2-6-14(7-3-12)20-16(18)19-10-11-23(21,22)15-8-4-13(17)5-9-15;/h2-9H,10-11H2,1H3,(H3,18,19,20);1H. The Balaban J connectivity index is 0.00000288. The van der Waals surface area contributed by atoms with Crippen LogP contribution in [0.15, 0.2) is 62.9 Å². The minimum atomic E-state index is -3.36. The van der Waals surface area contributed by atoms with Crippen LogP contribution in [0.2, 0.25) is 0 Å². The molecular formula is C16H19BrIN3O2S. The summed E-state index contributed by atoms with van der Waals surface area (Å²) in [6, 6.07) is 14.2. The normalized spacial score (nSPS) is 11.7. The van der Waals surface area contributed by atoms with Crippen molar-refractivity contribution < 1.29 is 8.42 Å². The number of nitrogens with two attached hydrogens (primary N) is 1. The van der Waals surface area contributed by atoms with Crippen molar-refractivity contribution in [2.24, 2.45) is 10.7 Å². The van der Waals surface area contributed by atoms with Gasteiger partial charge in [0.2, 0.25) is 0 Å². The molecule has 0 bridgehead atoms. The van der Waals surface area contributed by atoms with Crippen molar-refractivity contribution in [1.82, 2.24) is 0 Å². The molecule has 0 saturated carbocycles. The molecule has 5 nitrogen and oxygen atoms in total. The van der Waals surface area contributed by atoms with Gasteiger partial charge in [0.15, 0.2) is 15.8 Å². The Morgan fingerprint density at radius 3 is 2.29 bits per heavy atom. The highest BCUT2D eigenvalue weighted by molar-refractivity contribution is 14.0. The highest BCUT2D eigenvalue weighted by Gasteiger charge is 2.13. The number of guanidine groups is 1. The zero-order chi connectivity index (χ0) is 16.9. The zero-order valence-electron chi connectivity index (χ0n) is 13.1. The topological polar surface area (TPSA) is 84.5 Å². The van der Waals surface area contributed by atoms with Crippen molar-refractivity contribution in [3.8, 4) is 0 Å². The molecule has 3 N–H and O–H groups in total. The van der Waals surface area contributed by atoms with Gasteiger partial charge in [-0.2, -0.15) is 0 Å². The van der Waals surface area contributed by atoms with Crippen molar-refractivity contribution in [2.45, 2.75) is 11.8 Å². The van der Waals surface area contributed by atoms with Crippen LogP contribution in [0.5, 0.6) is 0 Å². The molecule has 130 valence electrons. The van der Waals surface area contributed by atoms with E-state index in [-0.39, 0.29) is 47.1 Å². The third-order valence-electron chi connectivity index (χ3n) is 3.14.